The number of nitrogens with zero attached hydrogens (tertiary/aromatic N) is 2. The van der Waals surface area contributed by atoms with Gasteiger partial charge in [-0.1, -0.05) is 12.6 Å². The highest BCUT2D eigenvalue weighted by atomic mass is 32.1. The van der Waals surface area contributed by atoms with Crippen molar-refractivity contribution in [3.8, 4) is 11.1 Å². The standard InChI is InChI=1S/C27H33N5O2S/c1-19(31-11-8-27(9-12-31)10-13-32(18-27)20(2)33)3-4-22(16-28)26(34)30-25-15-21(5-6-24(25)29)23-7-14-35-17-23/h3-7,14-17H,1,8-13,18,28-29H2,2H3,(H,30,34)/b4-3-,22-16+. The van der Waals surface area contributed by atoms with Gasteiger partial charge in [-0.3, -0.25) is 9.59 Å². The molecule has 8 heteroatoms. The highest BCUT2D eigenvalue weighted by molar-refractivity contribution is 7.08. The van der Waals surface area contributed by atoms with Crippen LogP contribution in [0.5, 0.6) is 0 Å². The number of rotatable bonds is 6. The molecule has 5 N–H and O–H groups in total. The van der Waals surface area contributed by atoms with E-state index in [0.29, 0.717) is 16.9 Å². The number of carbonyl (C=O) groups is 2. The summed E-state index contributed by atoms with van der Waals surface area (Å²) in [5, 5.41) is 6.93. The van der Waals surface area contributed by atoms with Crippen molar-refractivity contribution in [2.45, 2.75) is 26.2 Å². The maximum atomic E-state index is 12.9. The number of likely N-dealkylation sites (tertiary alicyclic amines) is 2. The van der Waals surface area contributed by atoms with Crippen molar-refractivity contribution >= 4 is 34.5 Å². The van der Waals surface area contributed by atoms with Crippen molar-refractivity contribution in [2.75, 3.05) is 37.2 Å². The Kier molecular flexibility index (Phi) is 7.31. The summed E-state index contributed by atoms with van der Waals surface area (Å²) in [6, 6.07) is 7.61. The first kappa shape index (κ1) is 24.6. The molecular formula is C27H33N5O2S. The van der Waals surface area contributed by atoms with Gasteiger partial charge in [0, 0.05) is 45.0 Å². The molecule has 1 spiro atoms. The fourth-order valence-corrected chi connectivity index (χ4v) is 5.51. The quantitative estimate of drug-likeness (QED) is 0.319. The molecule has 0 aliphatic carbocycles. The Balaban J connectivity index is 1.35. The lowest BCUT2D eigenvalue weighted by Crippen LogP contribution is -2.41. The zero-order valence-electron chi connectivity index (χ0n) is 20.1. The molecule has 0 saturated carbocycles. The Morgan fingerprint density at radius 1 is 1.09 bits per heavy atom. The average Bonchev–Trinajstić information content (AvgIpc) is 3.52. The normalized spacial score (nSPS) is 17.8. The van der Waals surface area contributed by atoms with E-state index < -0.39 is 0 Å². The highest BCUT2D eigenvalue weighted by Crippen LogP contribution is 2.41. The highest BCUT2D eigenvalue weighted by Gasteiger charge is 2.41. The number of thiophene rings is 1. The van der Waals surface area contributed by atoms with Crippen molar-refractivity contribution < 1.29 is 9.59 Å². The van der Waals surface area contributed by atoms with Gasteiger partial charge in [0.15, 0.2) is 0 Å². The summed E-state index contributed by atoms with van der Waals surface area (Å²) in [4.78, 5) is 28.8. The first-order valence-electron chi connectivity index (χ1n) is 11.8. The monoisotopic (exact) mass is 491 g/mol. The van der Waals surface area contributed by atoms with Gasteiger partial charge < -0.3 is 26.6 Å². The molecule has 3 heterocycles. The summed E-state index contributed by atoms with van der Waals surface area (Å²) >= 11 is 1.61. The van der Waals surface area contributed by atoms with Crippen LogP contribution in [-0.2, 0) is 9.59 Å². The number of amides is 2. The van der Waals surface area contributed by atoms with Gasteiger partial charge in [-0.05, 0) is 76.9 Å². The van der Waals surface area contributed by atoms with Crippen LogP contribution in [0.3, 0.4) is 0 Å². The second-order valence-corrected chi connectivity index (χ2v) is 10.2. The molecule has 0 radical (unpaired) electrons. The number of hydrogen-bond acceptors (Lipinski definition) is 6. The van der Waals surface area contributed by atoms with E-state index in [1.807, 2.05) is 39.9 Å². The van der Waals surface area contributed by atoms with Crippen molar-refractivity contribution in [3.05, 3.63) is 71.2 Å². The van der Waals surface area contributed by atoms with E-state index in [0.717, 1.165) is 62.3 Å². The molecule has 2 amide bonds. The van der Waals surface area contributed by atoms with E-state index in [9.17, 15) is 9.59 Å². The molecule has 1 aromatic carbocycles. The minimum Gasteiger partial charge on any atom is -0.404 e. The van der Waals surface area contributed by atoms with E-state index in [4.69, 9.17) is 11.5 Å². The molecule has 2 aromatic rings. The molecule has 184 valence electrons. The van der Waals surface area contributed by atoms with E-state index in [1.54, 1.807) is 30.4 Å². The molecule has 0 atom stereocenters. The van der Waals surface area contributed by atoms with Crippen LogP contribution in [0.15, 0.2) is 71.2 Å². The van der Waals surface area contributed by atoms with Crippen molar-refractivity contribution in [2.24, 2.45) is 11.1 Å². The molecule has 7 nitrogen and oxygen atoms in total. The summed E-state index contributed by atoms with van der Waals surface area (Å²) < 4.78 is 0. The third-order valence-electron chi connectivity index (χ3n) is 7.17. The molecule has 2 aliphatic heterocycles. The smallest absolute Gasteiger partial charge is 0.257 e. The molecule has 2 aliphatic rings. The molecule has 4 rings (SSSR count). The molecule has 0 unspecified atom stereocenters. The predicted molar refractivity (Wildman–Crippen MR) is 143 cm³/mol. The third-order valence-corrected chi connectivity index (χ3v) is 7.85. The number of nitrogens with one attached hydrogen (secondary N) is 1. The Morgan fingerprint density at radius 2 is 1.80 bits per heavy atom. The lowest BCUT2D eigenvalue weighted by Gasteiger charge is -2.40. The zero-order valence-corrected chi connectivity index (χ0v) is 20.9. The van der Waals surface area contributed by atoms with Crippen LogP contribution in [0.25, 0.3) is 11.1 Å². The fourth-order valence-electron chi connectivity index (χ4n) is 4.85. The minimum atomic E-state index is -0.335. The topological polar surface area (TPSA) is 105 Å². The van der Waals surface area contributed by atoms with Gasteiger partial charge in [0.1, 0.15) is 0 Å². The van der Waals surface area contributed by atoms with Crippen LogP contribution in [-0.4, -0.2) is 47.8 Å². The van der Waals surface area contributed by atoms with Gasteiger partial charge in [-0.2, -0.15) is 11.3 Å². The van der Waals surface area contributed by atoms with E-state index in [2.05, 4.69) is 16.8 Å². The van der Waals surface area contributed by atoms with Gasteiger partial charge in [0.05, 0.1) is 16.9 Å². The van der Waals surface area contributed by atoms with Crippen LogP contribution in [0, 0.1) is 5.41 Å². The summed E-state index contributed by atoms with van der Waals surface area (Å²) in [5.74, 6) is -0.172. The van der Waals surface area contributed by atoms with Gasteiger partial charge in [0.2, 0.25) is 5.91 Å². The Hall–Kier alpha value is -3.52. The first-order chi connectivity index (χ1) is 16.8. The number of benzene rings is 1. The first-order valence-corrected chi connectivity index (χ1v) is 12.8. The Labute approximate surface area is 210 Å². The fraction of sp³-hybridized carbons (Fsp3) is 0.333. The molecule has 35 heavy (non-hydrogen) atoms. The third kappa shape index (κ3) is 5.59. The zero-order chi connectivity index (χ0) is 25.0. The summed E-state index contributed by atoms with van der Waals surface area (Å²) in [6.07, 6.45) is 7.94. The summed E-state index contributed by atoms with van der Waals surface area (Å²) in [7, 11) is 0. The molecule has 2 fully saturated rings. The lowest BCUT2D eigenvalue weighted by atomic mass is 9.77. The lowest BCUT2D eigenvalue weighted by molar-refractivity contribution is -0.128. The van der Waals surface area contributed by atoms with Crippen LogP contribution < -0.4 is 16.8 Å². The molecular weight excluding hydrogens is 458 g/mol. The Morgan fingerprint density at radius 3 is 2.40 bits per heavy atom. The van der Waals surface area contributed by atoms with Gasteiger partial charge in [-0.25, -0.2) is 0 Å². The Bertz CT molecular complexity index is 1160. The number of allylic oxidation sites excluding steroid dienone is 1. The van der Waals surface area contributed by atoms with E-state index >= 15 is 0 Å². The number of anilines is 2. The second-order valence-electron chi connectivity index (χ2n) is 9.39. The maximum absolute atomic E-state index is 12.9. The van der Waals surface area contributed by atoms with Crippen LogP contribution in [0.2, 0.25) is 0 Å². The minimum absolute atomic E-state index is 0.163. The number of carbonyl (C=O) groups excluding carboxylic acids is 2. The number of hydrogen-bond donors (Lipinski definition) is 3. The predicted octanol–water partition coefficient (Wildman–Crippen LogP) is 4.18. The second kappa shape index (κ2) is 10.4. The van der Waals surface area contributed by atoms with Crippen molar-refractivity contribution in [3.63, 3.8) is 0 Å². The maximum Gasteiger partial charge on any atom is 0.257 e. The summed E-state index contributed by atoms with van der Waals surface area (Å²) in [6.45, 7) is 9.32. The van der Waals surface area contributed by atoms with E-state index in [-0.39, 0.29) is 17.2 Å². The summed E-state index contributed by atoms with van der Waals surface area (Å²) in [5.41, 5.74) is 16.4. The number of nitrogens with two attached hydrogens (primary N) is 2. The van der Waals surface area contributed by atoms with Gasteiger partial charge in [0.25, 0.3) is 5.91 Å². The molecule has 2 saturated heterocycles. The SMILES string of the molecule is C=C(/C=C\C(=C/N)C(=O)Nc1cc(-c2ccsc2)ccc1N)N1CCC2(CC1)CCN(C(C)=O)C2. The van der Waals surface area contributed by atoms with E-state index in [1.165, 1.54) is 6.20 Å². The molecule has 1 aromatic heterocycles. The molecule has 0 bridgehead atoms. The number of nitrogen functional groups attached to an aromatic ring is 1. The average molecular weight is 492 g/mol. The van der Waals surface area contributed by atoms with Crippen molar-refractivity contribution in [1.82, 2.24) is 9.80 Å². The number of piperidine rings is 1. The van der Waals surface area contributed by atoms with Gasteiger partial charge in [-0.15, -0.1) is 0 Å². The van der Waals surface area contributed by atoms with Gasteiger partial charge >= 0.3 is 0 Å². The van der Waals surface area contributed by atoms with Crippen molar-refractivity contribution in [1.29, 1.82) is 0 Å². The largest absolute Gasteiger partial charge is 0.404 e. The van der Waals surface area contributed by atoms with Crippen LogP contribution >= 0.6 is 11.3 Å². The van der Waals surface area contributed by atoms with Crippen LogP contribution in [0.4, 0.5) is 11.4 Å². The van der Waals surface area contributed by atoms with Crippen LogP contribution in [0.1, 0.15) is 26.2 Å².